The average molecular weight is 463 g/mol. The first-order valence-electron chi connectivity index (χ1n) is 12.9. The zero-order valence-corrected chi connectivity index (χ0v) is 20.9. The van der Waals surface area contributed by atoms with Gasteiger partial charge in [0.1, 0.15) is 5.75 Å². The predicted octanol–water partition coefficient (Wildman–Crippen LogP) is 5.23. The lowest BCUT2D eigenvalue weighted by atomic mass is 9.91. The molecule has 0 atom stereocenters. The fraction of sp³-hybridized carbons (Fsp3) is 0.571. The molecule has 2 aliphatic rings. The van der Waals surface area contributed by atoms with Gasteiger partial charge in [-0.1, -0.05) is 11.2 Å². The minimum absolute atomic E-state index is 0.729. The summed E-state index contributed by atoms with van der Waals surface area (Å²) in [4.78, 5) is 9.38. The molecule has 6 heteroatoms. The number of pyridine rings is 1. The fourth-order valence-corrected chi connectivity index (χ4v) is 5.06. The number of likely N-dealkylation sites (tertiary alicyclic amines) is 1. The van der Waals surface area contributed by atoms with Gasteiger partial charge in [-0.15, -0.1) is 0 Å². The Balaban J connectivity index is 1.19. The SMILES string of the molecule is Cc1cccc(CN2CCC(CCc3noc4c(CN(C)C)c(OCC5CC5)ccc34)CC2)n1. The number of rotatable bonds is 10. The molecule has 6 nitrogen and oxygen atoms in total. The highest BCUT2D eigenvalue weighted by Gasteiger charge is 2.24. The van der Waals surface area contributed by atoms with Gasteiger partial charge in [0.2, 0.25) is 0 Å². The van der Waals surface area contributed by atoms with Crippen molar-refractivity contribution < 1.29 is 9.26 Å². The van der Waals surface area contributed by atoms with Crippen LogP contribution in [0.2, 0.25) is 0 Å². The van der Waals surface area contributed by atoms with Gasteiger partial charge in [0.25, 0.3) is 0 Å². The first-order valence-corrected chi connectivity index (χ1v) is 12.9. The van der Waals surface area contributed by atoms with Crippen molar-refractivity contribution in [1.29, 1.82) is 0 Å². The molecule has 0 unspecified atom stereocenters. The molecule has 0 N–H and O–H groups in total. The van der Waals surface area contributed by atoms with Crippen molar-refractivity contribution in [1.82, 2.24) is 19.9 Å². The number of aromatic nitrogens is 2. The Morgan fingerprint density at radius 1 is 1.06 bits per heavy atom. The lowest BCUT2D eigenvalue weighted by molar-refractivity contribution is 0.170. The van der Waals surface area contributed by atoms with Crippen molar-refractivity contribution >= 4 is 11.0 Å². The summed E-state index contributed by atoms with van der Waals surface area (Å²) < 4.78 is 12.1. The standard InChI is InChI=1S/C28H38N4O2/c1-20-5-4-6-23(29-20)17-32-15-13-21(14-16-32)9-11-26-24-10-12-27(33-19-22-7-8-22)25(18-31(2)3)28(24)34-30-26/h4-6,10,12,21-22H,7-9,11,13-19H2,1-3H3. The van der Waals surface area contributed by atoms with Gasteiger partial charge in [0, 0.05) is 24.2 Å². The van der Waals surface area contributed by atoms with E-state index in [-0.39, 0.29) is 0 Å². The minimum Gasteiger partial charge on any atom is -0.493 e. The van der Waals surface area contributed by atoms with E-state index < -0.39 is 0 Å². The van der Waals surface area contributed by atoms with E-state index in [0.717, 1.165) is 84.7 Å². The molecule has 0 amide bonds. The second kappa shape index (κ2) is 10.4. The van der Waals surface area contributed by atoms with E-state index >= 15 is 0 Å². The molecule has 1 aliphatic heterocycles. The first kappa shape index (κ1) is 23.3. The Hall–Kier alpha value is -2.44. The van der Waals surface area contributed by atoms with E-state index in [1.54, 1.807) is 0 Å². The van der Waals surface area contributed by atoms with Gasteiger partial charge in [-0.05, 0) is 109 Å². The van der Waals surface area contributed by atoms with Gasteiger partial charge in [-0.25, -0.2) is 0 Å². The Labute approximate surface area is 203 Å². The van der Waals surface area contributed by atoms with Crippen LogP contribution in [0.1, 0.15) is 54.7 Å². The maximum atomic E-state index is 6.17. The van der Waals surface area contributed by atoms with E-state index in [4.69, 9.17) is 9.26 Å². The molecule has 3 heterocycles. The number of fused-ring (bicyclic) bond motifs is 1. The van der Waals surface area contributed by atoms with Gasteiger partial charge in [0.15, 0.2) is 5.58 Å². The zero-order chi connectivity index (χ0) is 23.5. The van der Waals surface area contributed by atoms with Crippen molar-refractivity contribution in [3.8, 4) is 5.75 Å². The fourth-order valence-electron chi connectivity index (χ4n) is 5.06. The highest BCUT2D eigenvalue weighted by atomic mass is 16.5. The molecule has 1 aromatic carbocycles. The number of aryl methyl sites for hydroxylation is 2. The minimum atomic E-state index is 0.729. The third-order valence-electron chi connectivity index (χ3n) is 7.25. The van der Waals surface area contributed by atoms with E-state index in [1.165, 1.54) is 37.8 Å². The van der Waals surface area contributed by atoms with Crippen LogP contribution in [0.5, 0.6) is 5.75 Å². The average Bonchev–Trinajstić information content (AvgIpc) is 3.56. The topological polar surface area (TPSA) is 54.6 Å². The lowest BCUT2D eigenvalue weighted by Gasteiger charge is -2.31. The summed E-state index contributed by atoms with van der Waals surface area (Å²) in [6.45, 7) is 6.92. The Bertz CT molecular complexity index is 1100. The zero-order valence-electron chi connectivity index (χ0n) is 20.9. The molecule has 1 aliphatic carbocycles. The molecule has 0 spiro atoms. The third kappa shape index (κ3) is 5.78. The second-order valence-corrected chi connectivity index (χ2v) is 10.6. The maximum Gasteiger partial charge on any atom is 0.175 e. The molecular formula is C28H38N4O2. The summed E-state index contributed by atoms with van der Waals surface area (Å²) in [5.41, 5.74) is 5.40. The highest BCUT2D eigenvalue weighted by Crippen LogP contribution is 2.35. The molecule has 182 valence electrons. The Morgan fingerprint density at radius 3 is 2.62 bits per heavy atom. The summed E-state index contributed by atoms with van der Waals surface area (Å²) in [5, 5.41) is 5.66. The van der Waals surface area contributed by atoms with Gasteiger partial charge < -0.3 is 14.2 Å². The van der Waals surface area contributed by atoms with Gasteiger partial charge in [0.05, 0.1) is 23.6 Å². The van der Waals surface area contributed by atoms with Gasteiger partial charge in [-0.3, -0.25) is 9.88 Å². The Kier molecular flexibility index (Phi) is 7.16. The second-order valence-electron chi connectivity index (χ2n) is 10.6. The number of benzene rings is 1. The smallest absolute Gasteiger partial charge is 0.175 e. The molecule has 5 rings (SSSR count). The molecule has 34 heavy (non-hydrogen) atoms. The van der Waals surface area contributed by atoms with E-state index in [0.29, 0.717) is 0 Å². The van der Waals surface area contributed by atoms with Crippen LogP contribution < -0.4 is 4.74 Å². The summed E-state index contributed by atoms with van der Waals surface area (Å²) in [6, 6.07) is 10.6. The number of piperidine rings is 1. The van der Waals surface area contributed by atoms with E-state index in [9.17, 15) is 0 Å². The largest absolute Gasteiger partial charge is 0.493 e. The molecule has 1 saturated carbocycles. The van der Waals surface area contributed by atoms with Crippen LogP contribution in [0.4, 0.5) is 0 Å². The van der Waals surface area contributed by atoms with Crippen LogP contribution in [0, 0.1) is 18.8 Å². The molecule has 3 aromatic rings. The van der Waals surface area contributed by atoms with Crippen LogP contribution in [0.3, 0.4) is 0 Å². The van der Waals surface area contributed by atoms with Crippen molar-refractivity contribution in [2.75, 3.05) is 33.8 Å². The molecule has 0 radical (unpaired) electrons. The first-order chi connectivity index (χ1) is 16.5. The molecule has 2 aromatic heterocycles. The summed E-state index contributed by atoms with van der Waals surface area (Å²) in [7, 11) is 4.17. The quantitative estimate of drug-likeness (QED) is 0.411. The number of hydrogen-bond donors (Lipinski definition) is 0. The third-order valence-corrected chi connectivity index (χ3v) is 7.25. The van der Waals surface area contributed by atoms with Crippen molar-refractivity contribution in [2.45, 2.75) is 58.5 Å². The van der Waals surface area contributed by atoms with Crippen LogP contribution in [-0.2, 0) is 19.5 Å². The summed E-state index contributed by atoms with van der Waals surface area (Å²) in [5.74, 6) is 2.43. The predicted molar refractivity (Wildman–Crippen MR) is 135 cm³/mol. The molecule has 2 fully saturated rings. The van der Waals surface area contributed by atoms with Gasteiger partial charge >= 0.3 is 0 Å². The van der Waals surface area contributed by atoms with Gasteiger partial charge in [-0.2, -0.15) is 0 Å². The van der Waals surface area contributed by atoms with E-state index in [1.807, 2.05) is 0 Å². The molecule has 1 saturated heterocycles. The molecule has 0 bridgehead atoms. The molecular weight excluding hydrogens is 424 g/mol. The number of nitrogens with zero attached hydrogens (tertiary/aromatic N) is 4. The summed E-state index contributed by atoms with van der Waals surface area (Å²) in [6.07, 6.45) is 7.21. The van der Waals surface area contributed by atoms with Crippen LogP contribution >= 0.6 is 0 Å². The number of ether oxygens (including phenoxy) is 1. The van der Waals surface area contributed by atoms with E-state index in [2.05, 4.69) is 71.3 Å². The Morgan fingerprint density at radius 2 is 1.88 bits per heavy atom. The van der Waals surface area contributed by atoms with Crippen LogP contribution in [-0.4, -0.2) is 53.7 Å². The summed E-state index contributed by atoms with van der Waals surface area (Å²) >= 11 is 0. The highest BCUT2D eigenvalue weighted by molar-refractivity contribution is 5.84. The van der Waals surface area contributed by atoms with Crippen LogP contribution in [0.25, 0.3) is 11.0 Å². The maximum absolute atomic E-state index is 6.17. The van der Waals surface area contributed by atoms with Crippen LogP contribution in [0.15, 0.2) is 34.9 Å². The van der Waals surface area contributed by atoms with Crippen molar-refractivity contribution in [3.63, 3.8) is 0 Å². The normalized spacial score (nSPS) is 17.6. The number of hydrogen-bond acceptors (Lipinski definition) is 6. The lowest BCUT2D eigenvalue weighted by Crippen LogP contribution is -2.33. The van der Waals surface area contributed by atoms with Crippen molar-refractivity contribution in [2.24, 2.45) is 11.8 Å². The van der Waals surface area contributed by atoms with Crippen molar-refractivity contribution in [3.05, 3.63) is 53.0 Å². The monoisotopic (exact) mass is 462 g/mol.